The second-order valence-electron chi connectivity index (χ2n) is 4.20. The molecular weight excluding hydrogens is 340 g/mol. The van der Waals surface area contributed by atoms with Gasteiger partial charge in [-0.3, -0.25) is 10.1 Å². The lowest BCUT2D eigenvalue weighted by Gasteiger charge is -2.09. The van der Waals surface area contributed by atoms with Crippen molar-refractivity contribution >= 4 is 27.4 Å². The highest BCUT2D eigenvalue weighted by molar-refractivity contribution is 9.10. The monoisotopic (exact) mass is 352 g/mol. The first-order valence-electron chi connectivity index (χ1n) is 6.20. The van der Waals surface area contributed by atoms with Crippen LogP contribution < -0.4 is 10.1 Å². The minimum atomic E-state index is -0.560. The summed E-state index contributed by atoms with van der Waals surface area (Å²) >= 11 is 3.36. The number of halogens is 1. The van der Waals surface area contributed by atoms with E-state index in [1.165, 1.54) is 6.33 Å². The molecule has 0 aliphatic rings. The number of nitro groups is 1. The molecule has 0 amide bonds. The van der Waals surface area contributed by atoms with Crippen LogP contribution in [0.5, 0.6) is 11.6 Å². The molecule has 0 aliphatic heterocycles. The van der Waals surface area contributed by atoms with Gasteiger partial charge in [0.15, 0.2) is 0 Å². The predicted octanol–water partition coefficient (Wildman–Crippen LogP) is 3.68. The summed E-state index contributed by atoms with van der Waals surface area (Å²) in [5.74, 6) is 0.482. The SMILES string of the molecule is CCNc1ncnc(Oc2ccc(C)cc2Br)c1[N+](=O)[O-]. The van der Waals surface area contributed by atoms with E-state index in [0.29, 0.717) is 16.8 Å². The van der Waals surface area contributed by atoms with Gasteiger partial charge in [0.1, 0.15) is 12.1 Å². The minimum Gasteiger partial charge on any atom is -0.432 e. The Morgan fingerprint density at radius 3 is 2.81 bits per heavy atom. The Balaban J connectivity index is 2.43. The van der Waals surface area contributed by atoms with E-state index in [1.54, 1.807) is 6.07 Å². The van der Waals surface area contributed by atoms with Gasteiger partial charge in [-0.15, -0.1) is 0 Å². The first-order chi connectivity index (χ1) is 10.0. The van der Waals surface area contributed by atoms with Crippen molar-refractivity contribution in [3.63, 3.8) is 0 Å². The fraction of sp³-hybridized carbons (Fsp3) is 0.231. The summed E-state index contributed by atoms with van der Waals surface area (Å²) in [5, 5.41) is 14.1. The number of ether oxygens (including phenoxy) is 1. The Bertz CT molecular complexity index is 678. The van der Waals surface area contributed by atoms with Gasteiger partial charge in [0.05, 0.1) is 9.40 Å². The molecule has 2 aromatic rings. The zero-order chi connectivity index (χ0) is 15.4. The molecule has 7 nitrogen and oxygen atoms in total. The van der Waals surface area contributed by atoms with Crippen LogP contribution in [0.1, 0.15) is 12.5 Å². The van der Waals surface area contributed by atoms with E-state index in [2.05, 4.69) is 31.2 Å². The van der Waals surface area contributed by atoms with Crippen LogP contribution in [0.25, 0.3) is 0 Å². The molecule has 2 rings (SSSR count). The van der Waals surface area contributed by atoms with Crippen molar-refractivity contribution in [3.05, 3.63) is 44.7 Å². The Morgan fingerprint density at radius 2 is 2.19 bits per heavy atom. The molecule has 21 heavy (non-hydrogen) atoms. The first-order valence-corrected chi connectivity index (χ1v) is 6.99. The Kier molecular flexibility index (Phi) is 4.69. The Hall–Kier alpha value is -2.22. The lowest BCUT2D eigenvalue weighted by atomic mass is 10.2. The number of nitrogens with one attached hydrogen (secondary N) is 1. The summed E-state index contributed by atoms with van der Waals surface area (Å²) < 4.78 is 6.26. The molecular formula is C13H13BrN4O3. The van der Waals surface area contributed by atoms with Gasteiger partial charge >= 0.3 is 11.6 Å². The van der Waals surface area contributed by atoms with Crippen LogP contribution in [0, 0.1) is 17.0 Å². The van der Waals surface area contributed by atoms with Crippen LogP contribution in [0.4, 0.5) is 11.5 Å². The molecule has 0 aliphatic carbocycles. The second-order valence-corrected chi connectivity index (χ2v) is 5.05. The van der Waals surface area contributed by atoms with Crippen molar-refractivity contribution in [3.8, 4) is 11.6 Å². The largest absolute Gasteiger partial charge is 0.432 e. The maximum Gasteiger partial charge on any atom is 0.373 e. The third kappa shape index (κ3) is 3.46. The third-order valence-corrected chi connectivity index (χ3v) is 3.23. The van der Waals surface area contributed by atoms with Crippen molar-refractivity contribution in [2.75, 3.05) is 11.9 Å². The number of rotatable bonds is 5. The smallest absolute Gasteiger partial charge is 0.373 e. The van der Waals surface area contributed by atoms with E-state index < -0.39 is 4.92 Å². The number of aromatic nitrogens is 2. The highest BCUT2D eigenvalue weighted by Gasteiger charge is 2.25. The van der Waals surface area contributed by atoms with Gasteiger partial charge in [-0.25, -0.2) is 4.98 Å². The molecule has 0 unspecified atom stereocenters. The number of nitrogens with zero attached hydrogens (tertiary/aromatic N) is 3. The second kappa shape index (κ2) is 6.49. The summed E-state index contributed by atoms with van der Waals surface area (Å²) in [7, 11) is 0. The zero-order valence-electron chi connectivity index (χ0n) is 11.5. The zero-order valence-corrected chi connectivity index (χ0v) is 13.0. The first kappa shape index (κ1) is 15.2. The van der Waals surface area contributed by atoms with Gasteiger partial charge in [0.25, 0.3) is 0 Å². The molecule has 1 aromatic carbocycles. The van der Waals surface area contributed by atoms with Gasteiger partial charge in [0, 0.05) is 6.54 Å². The highest BCUT2D eigenvalue weighted by Crippen LogP contribution is 2.36. The van der Waals surface area contributed by atoms with Crippen molar-refractivity contribution in [2.45, 2.75) is 13.8 Å². The Labute approximate surface area is 129 Å². The molecule has 0 atom stereocenters. The third-order valence-electron chi connectivity index (χ3n) is 2.61. The molecule has 0 fully saturated rings. The maximum atomic E-state index is 11.2. The van der Waals surface area contributed by atoms with Crippen LogP contribution in [-0.4, -0.2) is 21.4 Å². The lowest BCUT2D eigenvalue weighted by molar-refractivity contribution is -0.385. The number of aryl methyl sites for hydroxylation is 1. The average molecular weight is 353 g/mol. The van der Waals surface area contributed by atoms with Crippen molar-refractivity contribution in [2.24, 2.45) is 0 Å². The van der Waals surface area contributed by atoms with E-state index in [-0.39, 0.29) is 17.4 Å². The molecule has 0 spiro atoms. The molecule has 1 heterocycles. The van der Waals surface area contributed by atoms with Gasteiger partial charge < -0.3 is 10.1 Å². The number of anilines is 1. The highest BCUT2D eigenvalue weighted by atomic mass is 79.9. The molecule has 1 aromatic heterocycles. The van der Waals surface area contributed by atoms with Crippen LogP contribution in [-0.2, 0) is 0 Å². The Morgan fingerprint density at radius 1 is 1.43 bits per heavy atom. The van der Waals surface area contributed by atoms with Gasteiger partial charge in [-0.05, 0) is 47.5 Å². The summed E-state index contributed by atoms with van der Waals surface area (Å²) in [6, 6.07) is 5.42. The van der Waals surface area contributed by atoms with E-state index in [9.17, 15) is 10.1 Å². The van der Waals surface area contributed by atoms with E-state index >= 15 is 0 Å². The van der Waals surface area contributed by atoms with Crippen LogP contribution in [0.2, 0.25) is 0 Å². The van der Waals surface area contributed by atoms with E-state index in [1.807, 2.05) is 26.0 Å². The molecule has 0 saturated carbocycles. The van der Waals surface area contributed by atoms with Gasteiger partial charge in [-0.1, -0.05) is 6.07 Å². The minimum absolute atomic E-state index is 0.101. The topological polar surface area (TPSA) is 90.2 Å². The molecule has 1 N–H and O–H groups in total. The number of hydrogen-bond donors (Lipinski definition) is 1. The summed E-state index contributed by atoms with van der Waals surface area (Å²) in [6.07, 6.45) is 1.22. The number of benzene rings is 1. The molecule has 0 saturated heterocycles. The summed E-state index contributed by atoms with van der Waals surface area (Å²) in [4.78, 5) is 18.4. The lowest BCUT2D eigenvalue weighted by Crippen LogP contribution is -2.06. The van der Waals surface area contributed by atoms with Gasteiger partial charge in [-0.2, -0.15) is 4.98 Å². The number of hydrogen-bond acceptors (Lipinski definition) is 6. The maximum absolute atomic E-state index is 11.2. The standard InChI is InChI=1S/C13H13BrN4O3/c1-3-15-12-11(18(19)20)13(17-7-16-12)21-10-5-4-8(2)6-9(10)14/h4-7H,3H2,1-2H3,(H,15,16,17). The van der Waals surface area contributed by atoms with E-state index in [4.69, 9.17) is 4.74 Å². The average Bonchev–Trinajstić information content (AvgIpc) is 2.42. The molecule has 0 radical (unpaired) electrons. The van der Waals surface area contributed by atoms with Crippen molar-refractivity contribution < 1.29 is 9.66 Å². The van der Waals surface area contributed by atoms with Gasteiger partial charge in [0.2, 0.25) is 5.82 Å². The normalized spacial score (nSPS) is 10.2. The quantitative estimate of drug-likeness (QED) is 0.651. The van der Waals surface area contributed by atoms with Crippen molar-refractivity contribution in [1.82, 2.24) is 9.97 Å². The van der Waals surface area contributed by atoms with Crippen LogP contribution >= 0.6 is 15.9 Å². The molecule has 0 bridgehead atoms. The fourth-order valence-electron chi connectivity index (χ4n) is 1.69. The van der Waals surface area contributed by atoms with Crippen LogP contribution in [0.3, 0.4) is 0 Å². The summed E-state index contributed by atoms with van der Waals surface area (Å²) in [5.41, 5.74) is 0.756. The predicted molar refractivity (Wildman–Crippen MR) is 81.8 cm³/mol. The molecule has 110 valence electrons. The summed E-state index contributed by atoms with van der Waals surface area (Å²) in [6.45, 7) is 4.26. The molecule has 8 heteroatoms. The van der Waals surface area contributed by atoms with Crippen molar-refractivity contribution in [1.29, 1.82) is 0 Å². The van der Waals surface area contributed by atoms with Crippen LogP contribution in [0.15, 0.2) is 29.0 Å². The van der Waals surface area contributed by atoms with E-state index in [0.717, 1.165) is 5.56 Å². The fourth-order valence-corrected chi connectivity index (χ4v) is 2.27.